The molecule has 1 fully saturated rings. The molecule has 0 amide bonds. The molecule has 0 unspecified atom stereocenters. The summed E-state index contributed by atoms with van der Waals surface area (Å²) >= 11 is 1.40. The topological polar surface area (TPSA) is 49.4 Å². The Morgan fingerprint density at radius 2 is 1.90 bits per heavy atom. The number of sulfonamides is 1. The van der Waals surface area contributed by atoms with Crippen LogP contribution in [0.15, 0.2) is 16.3 Å². The molecule has 1 N–H and O–H groups in total. The van der Waals surface area contributed by atoms with Crippen LogP contribution in [0.3, 0.4) is 0 Å². The van der Waals surface area contributed by atoms with Crippen LogP contribution in [-0.2, 0) is 16.6 Å². The van der Waals surface area contributed by atoms with E-state index >= 15 is 0 Å². The van der Waals surface area contributed by atoms with Crippen LogP contribution < -0.4 is 5.32 Å². The van der Waals surface area contributed by atoms with Crippen LogP contribution in [0.25, 0.3) is 0 Å². The molecule has 1 aromatic rings. The van der Waals surface area contributed by atoms with E-state index in [9.17, 15) is 8.42 Å². The highest BCUT2D eigenvalue weighted by Crippen LogP contribution is 2.26. The molecule has 2 rings (SSSR count). The molecule has 0 aromatic carbocycles. The van der Waals surface area contributed by atoms with Gasteiger partial charge in [0, 0.05) is 24.5 Å². The Morgan fingerprint density at radius 1 is 1.20 bits per heavy atom. The maximum absolute atomic E-state index is 12.6. The molecular formula is C14H24N2O2S2. The summed E-state index contributed by atoms with van der Waals surface area (Å²) in [6, 6.07) is 3.69. The predicted molar refractivity (Wildman–Crippen MR) is 83.5 cm³/mol. The molecule has 0 atom stereocenters. The first-order chi connectivity index (χ1) is 9.64. The fraction of sp³-hybridized carbons (Fsp3) is 0.714. The summed E-state index contributed by atoms with van der Waals surface area (Å²) < 4.78 is 27.4. The lowest BCUT2D eigenvalue weighted by Crippen LogP contribution is -2.31. The molecule has 0 aliphatic carbocycles. The maximum Gasteiger partial charge on any atom is 0.252 e. The van der Waals surface area contributed by atoms with E-state index in [2.05, 4.69) is 12.2 Å². The van der Waals surface area contributed by atoms with Gasteiger partial charge >= 0.3 is 0 Å². The highest BCUT2D eigenvalue weighted by atomic mass is 32.2. The quantitative estimate of drug-likeness (QED) is 0.821. The third-order valence-corrected chi connectivity index (χ3v) is 6.97. The van der Waals surface area contributed by atoms with Gasteiger partial charge in [0.2, 0.25) is 0 Å². The molecule has 0 spiro atoms. The maximum atomic E-state index is 12.6. The molecule has 4 nitrogen and oxygen atoms in total. The van der Waals surface area contributed by atoms with Gasteiger partial charge in [0.1, 0.15) is 4.21 Å². The van der Waals surface area contributed by atoms with Gasteiger partial charge in [-0.3, -0.25) is 0 Å². The number of hydrogen-bond acceptors (Lipinski definition) is 4. The van der Waals surface area contributed by atoms with Crippen molar-refractivity contribution in [1.29, 1.82) is 0 Å². The van der Waals surface area contributed by atoms with E-state index in [-0.39, 0.29) is 0 Å². The van der Waals surface area contributed by atoms with Gasteiger partial charge in [-0.1, -0.05) is 19.8 Å². The smallest absolute Gasteiger partial charge is 0.252 e. The normalized spacial score (nSPS) is 18.1. The van der Waals surface area contributed by atoms with Crippen molar-refractivity contribution in [2.24, 2.45) is 0 Å². The van der Waals surface area contributed by atoms with Crippen molar-refractivity contribution in [2.45, 2.75) is 49.8 Å². The average molecular weight is 316 g/mol. The van der Waals surface area contributed by atoms with Crippen molar-refractivity contribution in [3.05, 3.63) is 17.0 Å². The van der Waals surface area contributed by atoms with Crippen molar-refractivity contribution >= 4 is 21.4 Å². The monoisotopic (exact) mass is 316 g/mol. The fourth-order valence-corrected chi connectivity index (χ4v) is 5.39. The zero-order valence-electron chi connectivity index (χ0n) is 12.1. The van der Waals surface area contributed by atoms with Gasteiger partial charge in [0.05, 0.1) is 0 Å². The Morgan fingerprint density at radius 3 is 2.55 bits per heavy atom. The highest BCUT2D eigenvalue weighted by Gasteiger charge is 2.26. The van der Waals surface area contributed by atoms with Crippen LogP contribution in [0, 0.1) is 0 Å². The van der Waals surface area contributed by atoms with Crippen LogP contribution in [0.1, 0.15) is 43.9 Å². The SMILES string of the molecule is CCCNCc1ccc(S(=O)(=O)N2CCCCCC2)s1. The van der Waals surface area contributed by atoms with Gasteiger partial charge in [-0.05, 0) is 37.9 Å². The number of hydrogen-bond donors (Lipinski definition) is 1. The Balaban J connectivity index is 2.05. The lowest BCUT2D eigenvalue weighted by atomic mass is 10.2. The van der Waals surface area contributed by atoms with Crippen molar-refractivity contribution in [2.75, 3.05) is 19.6 Å². The molecule has 1 aliphatic rings. The van der Waals surface area contributed by atoms with Crippen molar-refractivity contribution in [1.82, 2.24) is 9.62 Å². The minimum Gasteiger partial charge on any atom is -0.312 e. The van der Waals surface area contributed by atoms with Gasteiger partial charge in [0.25, 0.3) is 10.0 Å². The Hall–Kier alpha value is -0.430. The first kappa shape index (κ1) is 15.9. The minimum absolute atomic E-state index is 0.493. The van der Waals surface area contributed by atoms with Crippen LogP contribution in [0.4, 0.5) is 0 Å². The number of thiophene rings is 1. The third kappa shape index (κ3) is 4.04. The zero-order valence-corrected chi connectivity index (χ0v) is 13.7. The number of rotatable bonds is 6. The summed E-state index contributed by atoms with van der Waals surface area (Å²) in [5.74, 6) is 0. The van der Waals surface area contributed by atoms with Crippen molar-refractivity contribution in [3.63, 3.8) is 0 Å². The summed E-state index contributed by atoms with van der Waals surface area (Å²) in [5.41, 5.74) is 0. The first-order valence-corrected chi connectivity index (χ1v) is 9.70. The van der Waals surface area contributed by atoms with Crippen molar-refractivity contribution in [3.8, 4) is 0 Å². The highest BCUT2D eigenvalue weighted by molar-refractivity contribution is 7.91. The summed E-state index contributed by atoms with van der Waals surface area (Å²) in [6.07, 6.45) is 5.33. The molecular weight excluding hydrogens is 292 g/mol. The molecule has 114 valence electrons. The van der Waals surface area contributed by atoms with Gasteiger partial charge < -0.3 is 5.32 Å². The van der Waals surface area contributed by atoms with E-state index in [0.717, 1.165) is 50.1 Å². The standard InChI is InChI=1S/C14H24N2O2S2/c1-2-9-15-12-13-7-8-14(19-13)20(17,18)16-10-5-3-4-6-11-16/h7-8,15H,2-6,9-12H2,1H3. The Kier molecular flexibility index (Phi) is 6.01. The Bertz CT molecular complexity index is 503. The molecule has 1 aromatic heterocycles. The van der Waals surface area contributed by atoms with E-state index in [0.29, 0.717) is 17.3 Å². The molecule has 20 heavy (non-hydrogen) atoms. The zero-order chi connectivity index (χ0) is 14.4. The largest absolute Gasteiger partial charge is 0.312 e. The van der Waals surface area contributed by atoms with E-state index in [1.807, 2.05) is 6.07 Å². The van der Waals surface area contributed by atoms with Gasteiger partial charge in [0.15, 0.2) is 0 Å². The second-order valence-electron chi connectivity index (χ2n) is 5.22. The summed E-state index contributed by atoms with van der Waals surface area (Å²) in [6.45, 7) is 5.18. The molecule has 0 bridgehead atoms. The molecule has 6 heteroatoms. The van der Waals surface area contributed by atoms with Crippen LogP contribution in [-0.4, -0.2) is 32.4 Å². The lowest BCUT2D eigenvalue weighted by molar-refractivity contribution is 0.425. The molecule has 0 radical (unpaired) electrons. The first-order valence-electron chi connectivity index (χ1n) is 7.44. The van der Waals surface area contributed by atoms with Crippen LogP contribution in [0.2, 0.25) is 0 Å². The summed E-state index contributed by atoms with van der Waals surface area (Å²) in [5, 5.41) is 3.31. The van der Waals surface area contributed by atoms with Crippen LogP contribution >= 0.6 is 11.3 Å². The van der Waals surface area contributed by atoms with E-state index < -0.39 is 10.0 Å². The van der Waals surface area contributed by atoms with Crippen molar-refractivity contribution < 1.29 is 8.42 Å². The van der Waals surface area contributed by atoms with E-state index in [1.165, 1.54) is 11.3 Å². The molecule has 1 aliphatic heterocycles. The third-order valence-electron chi connectivity index (χ3n) is 3.52. The number of nitrogens with one attached hydrogen (secondary N) is 1. The molecule has 0 saturated carbocycles. The number of nitrogens with zero attached hydrogens (tertiary/aromatic N) is 1. The van der Waals surface area contributed by atoms with E-state index in [4.69, 9.17) is 0 Å². The van der Waals surface area contributed by atoms with Gasteiger partial charge in [-0.25, -0.2) is 8.42 Å². The minimum atomic E-state index is -3.27. The van der Waals surface area contributed by atoms with Gasteiger partial charge in [-0.15, -0.1) is 11.3 Å². The second kappa shape index (κ2) is 7.54. The van der Waals surface area contributed by atoms with E-state index in [1.54, 1.807) is 10.4 Å². The molecule has 1 saturated heterocycles. The average Bonchev–Trinajstić information content (AvgIpc) is 2.73. The summed E-state index contributed by atoms with van der Waals surface area (Å²) in [4.78, 5) is 1.09. The lowest BCUT2D eigenvalue weighted by Gasteiger charge is -2.18. The second-order valence-corrected chi connectivity index (χ2v) is 8.55. The summed E-state index contributed by atoms with van der Waals surface area (Å²) in [7, 11) is -3.27. The predicted octanol–water partition coefficient (Wildman–Crippen LogP) is 2.81. The van der Waals surface area contributed by atoms with Gasteiger partial charge in [-0.2, -0.15) is 4.31 Å². The Labute approximate surface area is 126 Å². The molecule has 2 heterocycles. The van der Waals surface area contributed by atoms with Crippen LogP contribution in [0.5, 0.6) is 0 Å². The fourth-order valence-electron chi connectivity index (χ4n) is 2.39.